The zero-order valence-electron chi connectivity index (χ0n) is 15.3. The number of benzene rings is 2. The maximum Gasteiger partial charge on any atom is 0.341 e. The number of rotatable bonds is 7. The molecule has 1 fully saturated rings. The molecular weight excluding hydrogens is 384 g/mol. The van der Waals surface area contributed by atoms with E-state index in [1.54, 1.807) is 42.5 Å². The molecule has 2 aromatic carbocycles. The van der Waals surface area contributed by atoms with Crippen LogP contribution in [0.2, 0.25) is 0 Å². The van der Waals surface area contributed by atoms with Crippen molar-refractivity contribution in [2.45, 2.75) is 30.7 Å². The van der Waals surface area contributed by atoms with Crippen molar-refractivity contribution in [3.8, 4) is 22.6 Å². The molecule has 156 valence electrons. The highest BCUT2D eigenvalue weighted by Gasteiger charge is 2.44. The quantitative estimate of drug-likeness (QED) is 0.429. The van der Waals surface area contributed by atoms with Gasteiger partial charge in [-0.15, -0.1) is 0 Å². The highest BCUT2D eigenvalue weighted by molar-refractivity contribution is 5.69. The summed E-state index contributed by atoms with van der Waals surface area (Å²) in [6, 6.07) is 13.7. The largest absolute Gasteiger partial charge is 0.482 e. The summed E-state index contributed by atoms with van der Waals surface area (Å²) in [7, 11) is 0. The van der Waals surface area contributed by atoms with Crippen LogP contribution in [0.25, 0.3) is 11.1 Å². The Hall–Kier alpha value is -2.69. The van der Waals surface area contributed by atoms with Crippen LogP contribution in [0.3, 0.4) is 0 Å². The van der Waals surface area contributed by atoms with Crippen LogP contribution in [-0.4, -0.2) is 75.4 Å². The summed E-state index contributed by atoms with van der Waals surface area (Å²) in [6.07, 6.45) is -6.80. The first-order chi connectivity index (χ1) is 13.9. The Labute approximate surface area is 166 Å². The fraction of sp³-hybridized carbons (Fsp3) is 0.350. The number of hydrogen-bond acceptors (Lipinski definition) is 8. The Balaban J connectivity index is 1.72. The van der Waals surface area contributed by atoms with E-state index < -0.39 is 49.9 Å². The predicted molar refractivity (Wildman–Crippen MR) is 99.4 cm³/mol. The predicted octanol–water partition coefficient (Wildman–Crippen LogP) is -0.00430. The van der Waals surface area contributed by atoms with Gasteiger partial charge in [0.25, 0.3) is 0 Å². The van der Waals surface area contributed by atoms with E-state index in [0.29, 0.717) is 11.5 Å². The average molecular weight is 406 g/mol. The molecule has 5 atom stereocenters. The molecule has 2 aromatic rings. The summed E-state index contributed by atoms with van der Waals surface area (Å²) in [5, 5.41) is 47.7. The SMILES string of the molecule is O=C(O)COc1ccc(-c2cccc(OC3O[C@H](CO)C(O)C(O)[C@@H]3O)c2)cc1. The lowest BCUT2D eigenvalue weighted by Gasteiger charge is -2.39. The van der Waals surface area contributed by atoms with E-state index in [1.807, 2.05) is 6.07 Å². The molecule has 1 aliphatic rings. The summed E-state index contributed by atoms with van der Waals surface area (Å²) in [4.78, 5) is 10.6. The molecule has 5 N–H and O–H groups in total. The smallest absolute Gasteiger partial charge is 0.341 e. The minimum atomic E-state index is -1.52. The Morgan fingerprint density at radius 1 is 0.931 bits per heavy atom. The molecular formula is C20H22O9. The Morgan fingerprint density at radius 2 is 1.66 bits per heavy atom. The fourth-order valence-electron chi connectivity index (χ4n) is 2.94. The van der Waals surface area contributed by atoms with Gasteiger partial charge in [-0.2, -0.15) is 0 Å². The van der Waals surface area contributed by atoms with Gasteiger partial charge in [-0.3, -0.25) is 0 Å². The third-order valence-electron chi connectivity index (χ3n) is 4.48. The van der Waals surface area contributed by atoms with Crippen molar-refractivity contribution in [3.05, 3.63) is 48.5 Å². The normalized spacial score (nSPS) is 26.7. The summed E-state index contributed by atoms with van der Waals surface area (Å²) >= 11 is 0. The summed E-state index contributed by atoms with van der Waals surface area (Å²) in [5.41, 5.74) is 1.59. The van der Waals surface area contributed by atoms with E-state index in [9.17, 15) is 25.2 Å². The van der Waals surface area contributed by atoms with Crippen molar-refractivity contribution >= 4 is 5.97 Å². The van der Waals surface area contributed by atoms with Gasteiger partial charge in [0, 0.05) is 0 Å². The van der Waals surface area contributed by atoms with Crippen LogP contribution in [0.1, 0.15) is 0 Å². The van der Waals surface area contributed by atoms with Gasteiger partial charge in [-0.1, -0.05) is 24.3 Å². The molecule has 0 aromatic heterocycles. The van der Waals surface area contributed by atoms with Crippen molar-refractivity contribution in [1.82, 2.24) is 0 Å². The first-order valence-electron chi connectivity index (χ1n) is 8.91. The molecule has 1 saturated heterocycles. The van der Waals surface area contributed by atoms with Crippen LogP contribution >= 0.6 is 0 Å². The van der Waals surface area contributed by atoms with Crippen LogP contribution in [0, 0.1) is 0 Å². The molecule has 29 heavy (non-hydrogen) atoms. The summed E-state index contributed by atoms with van der Waals surface area (Å²) in [6.45, 7) is -0.969. The van der Waals surface area contributed by atoms with Crippen LogP contribution in [0.15, 0.2) is 48.5 Å². The van der Waals surface area contributed by atoms with Crippen molar-refractivity contribution < 1.29 is 44.5 Å². The molecule has 0 aliphatic carbocycles. The van der Waals surface area contributed by atoms with Crippen LogP contribution in [-0.2, 0) is 9.53 Å². The van der Waals surface area contributed by atoms with Gasteiger partial charge in [0.05, 0.1) is 6.61 Å². The summed E-state index contributed by atoms with van der Waals surface area (Å²) < 4.78 is 16.1. The van der Waals surface area contributed by atoms with Crippen molar-refractivity contribution in [2.75, 3.05) is 13.2 Å². The van der Waals surface area contributed by atoms with Gasteiger partial charge in [0.15, 0.2) is 6.61 Å². The minimum absolute atomic E-state index is 0.345. The highest BCUT2D eigenvalue weighted by Crippen LogP contribution is 2.29. The van der Waals surface area contributed by atoms with Crippen LogP contribution in [0.4, 0.5) is 0 Å². The van der Waals surface area contributed by atoms with Crippen LogP contribution < -0.4 is 9.47 Å². The minimum Gasteiger partial charge on any atom is -0.482 e. The van der Waals surface area contributed by atoms with Gasteiger partial charge in [-0.05, 0) is 35.4 Å². The second kappa shape index (κ2) is 9.21. The number of carboxylic acids is 1. The van der Waals surface area contributed by atoms with Gasteiger partial charge in [0.2, 0.25) is 6.29 Å². The fourth-order valence-corrected chi connectivity index (χ4v) is 2.94. The van der Waals surface area contributed by atoms with Gasteiger partial charge in [0.1, 0.15) is 35.9 Å². The molecule has 9 heteroatoms. The lowest BCUT2D eigenvalue weighted by Crippen LogP contribution is -2.60. The molecule has 9 nitrogen and oxygen atoms in total. The second-order valence-corrected chi connectivity index (χ2v) is 6.55. The maximum atomic E-state index is 10.6. The molecule has 0 spiro atoms. The maximum absolute atomic E-state index is 10.6. The molecule has 3 rings (SSSR count). The van der Waals surface area contributed by atoms with E-state index in [1.165, 1.54) is 0 Å². The first-order valence-corrected chi connectivity index (χ1v) is 8.91. The van der Waals surface area contributed by atoms with E-state index in [4.69, 9.17) is 19.3 Å². The molecule has 0 radical (unpaired) electrons. The molecule has 1 aliphatic heterocycles. The monoisotopic (exact) mass is 406 g/mol. The van der Waals surface area contributed by atoms with Crippen molar-refractivity contribution in [1.29, 1.82) is 0 Å². The van der Waals surface area contributed by atoms with Gasteiger partial charge < -0.3 is 39.7 Å². The Kier molecular flexibility index (Phi) is 6.68. The molecule has 1 heterocycles. The Morgan fingerprint density at radius 3 is 2.31 bits per heavy atom. The van der Waals surface area contributed by atoms with Crippen molar-refractivity contribution in [2.24, 2.45) is 0 Å². The average Bonchev–Trinajstić information content (AvgIpc) is 2.73. The highest BCUT2D eigenvalue weighted by atomic mass is 16.7. The first kappa shape index (κ1) is 21.0. The number of aliphatic carboxylic acids is 1. The van der Waals surface area contributed by atoms with Gasteiger partial charge in [-0.25, -0.2) is 4.79 Å². The second-order valence-electron chi connectivity index (χ2n) is 6.55. The third kappa shape index (κ3) is 5.03. The number of ether oxygens (including phenoxy) is 3. The topological polar surface area (TPSA) is 146 Å². The van der Waals surface area contributed by atoms with Crippen LogP contribution in [0.5, 0.6) is 11.5 Å². The molecule has 0 saturated carbocycles. The lowest BCUT2D eigenvalue weighted by atomic mass is 9.99. The number of carbonyl (C=O) groups is 1. The molecule has 0 bridgehead atoms. The molecule has 3 unspecified atom stereocenters. The Bertz CT molecular complexity index is 821. The van der Waals surface area contributed by atoms with E-state index >= 15 is 0 Å². The standard InChI is InChI=1S/C20H22O9/c21-9-15-17(24)18(25)19(26)20(29-15)28-14-3-1-2-12(8-14)11-4-6-13(7-5-11)27-10-16(22)23/h1-8,15,17-21,24-26H,9-10H2,(H,22,23)/t15-,17?,18?,19+,20?/m1/s1. The van der Waals surface area contributed by atoms with E-state index in [-0.39, 0.29) is 0 Å². The zero-order valence-corrected chi connectivity index (χ0v) is 15.3. The zero-order chi connectivity index (χ0) is 21.0. The summed E-state index contributed by atoms with van der Waals surface area (Å²) in [5.74, 6) is -0.296. The van der Waals surface area contributed by atoms with Gasteiger partial charge >= 0.3 is 5.97 Å². The number of aliphatic hydroxyl groups is 4. The van der Waals surface area contributed by atoms with E-state index in [2.05, 4.69) is 0 Å². The van der Waals surface area contributed by atoms with Crippen molar-refractivity contribution in [3.63, 3.8) is 0 Å². The van der Waals surface area contributed by atoms with E-state index in [0.717, 1.165) is 11.1 Å². The molecule has 0 amide bonds. The lowest BCUT2D eigenvalue weighted by molar-refractivity contribution is -0.277. The number of aliphatic hydroxyl groups excluding tert-OH is 4. The third-order valence-corrected chi connectivity index (χ3v) is 4.48. The number of carboxylic acid groups (broad SMARTS) is 1. The number of hydrogen-bond donors (Lipinski definition) is 5.